The summed E-state index contributed by atoms with van der Waals surface area (Å²) < 4.78 is 11.7. The Morgan fingerprint density at radius 2 is 1.94 bits per heavy atom. The molecule has 0 bridgehead atoms. The fourth-order valence-electron chi connectivity index (χ4n) is 2.16. The zero-order valence-electron chi connectivity index (χ0n) is 9.61. The van der Waals surface area contributed by atoms with Crippen LogP contribution in [0.2, 0.25) is 0 Å². The Morgan fingerprint density at radius 1 is 1.25 bits per heavy atom. The highest BCUT2D eigenvalue weighted by Crippen LogP contribution is 2.28. The van der Waals surface area contributed by atoms with Crippen LogP contribution in [0.1, 0.15) is 19.3 Å². The summed E-state index contributed by atoms with van der Waals surface area (Å²) in [5.41, 5.74) is 7.52. The van der Waals surface area contributed by atoms with Crippen molar-refractivity contribution in [1.82, 2.24) is 0 Å². The zero-order valence-corrected chi connectivity index (χ0v) is 10.4. The Hall–Kier alpha value is -1.03. The quantitative estimate of drug-likeness (QED) is 0.802. The number of benzene rings is 1. The van der Waals surface area contributed by atoms with Gasteiger partial charge >= 0.3 is 0 Å². The highest BCUT2D eigenvalue weighted by Gasteiger charge is 2.16. The van der Waals surface area contributed by atoms with E-state index in [-0.39, 0.29) is 0 Å². The van der Waals surface area contributed by atoms with Crippen LogP contribution in [0, 0.1) is 0 Å². The van der Waals surface area contributed by atoms with E-state index in [1.807, 2.05) is 18.2 Å². The summed E-state index contributed by atoms with van der Waals surface area (Å²) in [5, 5.41) is 0. The Balaban J connectivity index is 2.34. The summed E-state index contributed by atoms with van der Waals surface area (Å²) >= 11 is 0. The van der Waals surface area contributed by atoms with E-state index in [2.05, 4.69) is 4.90 Å². The maximum atomic E-state index is 11.7. The van der Waals surface area contributed by atoms with Crippen molar-refractivity contribution in [1.29, 1.82) is 0 Å². The van der Waals surface area contributed by atoms with Crippen molar-refractivity contribution < 1.29 is 4.21 Å². The van der Waals surface area contributed by atoms with Gasteiger partial charge in [-0.15, -0.1) is 0 Å². The first-order chi connectivity index (χ1) is 7.68. The van der Waals surface area contributed by atoms with Gasteiger partial charge in [-0.3, -0.25) is 4.21 Å². The van der Waals surface area contributed by atoms with Crippen molar-refractivity contribution in [2.45, 2.75) is 24.2 Å². The van der Waals surface area contributed by atoms with Crippen molar-refractivity contribution in [3.05, 3.63) is 18.2 Å². The number of nitrogen functional groups attached to an aromatic ring is 1. The van der Waals surface area contributed by atoms with Gasteiger partial charge in [-0.1, -0.05) is 0 Å². The highest BCUT2D eigenvalue weighted by molar-refractivity contribution is 7.84. The van der Waals surface area contributed by atoms with E-state index < -0.39 is 10.8 Å². The first-order valence-corrected chi connectivity index (χ1v) is 7.22. The highest BCUT2D eigenvalue weighted by atomic mass is 32.2. The molecule has 2 rings (SSSR count). The molecule has 1 unspecified atom stereocenters. The van der Waals surface area contributed by atoms with Gasteiger partial charge in [0.25, 0.3) is 0 Å². The standard InChI is InChI=1S/C12H18N2OS/c1-16(15)12-9-10(13)5-6-11(12)14-7-3-2-4-8-14/h5-6,9H,2-4,7-8,13H2,1H3. The topological polar surface area (TPSA) is 46.3 Å². The number of anilines is 2. The maximum Gasteiger partial charge on any atom is 0.0639 e. The maximum absolute atomic E-state index is 11.7. The average Bonchev–Trinajstić information content (AvgIpc) is 2.30. The van der Waals surface area contributed by atoms with E-state index in [4.69, 9.17) is 5.73 Å². The van der Waals surface area contributed by atoms with Gasteiger partial charge in [0.05, 0.1) is 21.4 Å². The Morgan fingerprint density at radius 3 is 2.56 bits per heavy atom. The van der Waals surface area contributed by atoms with Gasteiger partial charge in [-0.25, -0.2) is 0 Å². The SMILES string of the molecule is CS(=O)c1cc(N)ccc1N1CCCCC1. The van der Waals surface area contributed by atoms with Crippen LogP contribution < -0.4 is 10.6 Å². The molecule has 0 spiro atoms. The molecule has 0 saturated carbocycles. The molecule has 1 aliphatic heterocycles. The van der Waals surface area contributed by atoms with E-state index in [0.29, 0.717) is 5.69 Å². The molecule has 4 heteroatoms. The third-order valence-corrected chi connectivity index (χ3v) is 3.94. The molecule has 0 aromatic heterocycles. The second-order valence-electron chi connectivity index (χ2n) is 4.23. The zero-order chi connectivity index (χ0) is 11.5. The van der Waals surface area contributed by atoms with Crippen LogP contribution in [0.25, 0.3) is 0 Å². The number of piperidine rings is 1. The summed E-state index contributed by atoms with van der Waals surface area (Å²) in [4.78, 5) is 3.18. The molecule has 0 radical (unpaired) electrons. The molecule has 1 aromatic rings. The fraction of sp³-hybridized carbons (Fsp3) is 0.500. The van der Waals surface area contributed by atoms with Crippen molar-refractivity contribution >= 4 is 22.2 Å². The van der Waals surface area contributed by atoms with Crippen molar-refractivity contribution in [2.24, 2.45) is 0 Å². The summed E-state index contributed by atoms with van der Waals surface area (Å²) in [6.45, 7) is 2.13. The molecule has 0 amide bonds. The van der Waals surface area contributed by atoms with Crippen LogP contribution in [0.15, 0.2) is 23.1 Å². The lowest BCUT2D eigenvalue weighted by molar-refractivity contribution is 0.575. The van der Waals surface area contributed by atoms with E-state index >= 15 is 0 Å². The van der Waals surface area contributed by atoms with Crippen LogP contribution in [0.3, 0.4) is 0 Å². The van der Waals surface area contributed by atoms with Gasteiger partial charge in [0, 0.05) is 25.0 Å². The van der Waals surface area contributed by atoms with Crippen LogP contribution in [0.4, 0.5) is 11.4 Å². The van der Waals surface area contributed by atoms with E-state index in [1.165, 1.54) is 19.3 Å². The predicted octanol–water partition coefficient (Wildman–Crippen LogP) is 2.00. The van der Waals surface area contributed by atoms with Crippen LogP contribution >= 0.6 is 0 Å². The molecule has 2 N–H and O–H groups in total. The molecule has 1 aliphatic rings. The molecule has 0 aliphatic carbocycles. The molecule has 3 nitrogen and oxygen atoms in total. The van der Waals surface area contributed by atoms with Gasteiger partial charge in [0.1, 0.15) is 0 Å². The number of rotatable bonds is 2. The van der Waals surface area contributed by atoms with Crippen molar-refractivity contribution in [2.75, 3.05) is 30.0 Å². The largest absolute Gasteiger partial charge is 0.399 e. The molecule has 1 fully saturated rings. The molecular weight excluding hydrogens is 220 g/mol. The van der Waals surface area contributed by atoms with Crippen LogP contribution in [-0.2, 0) is 10.8 Å². The minimum atomic E-state index is -0.974. The molecule has 16 heavy (non-hydrogen) atoms. The first kappa shape index (κ1) is 11.5. The second kappa shape index (κ2) is 4.87. The van der Waals surface area contributed by atoms with Crippen LogP contribution in [-0.4, -0.2) is 23.6 Å². The summed E-state index contributed by atoms with van der Waals surface area (Å²) in [5.74, 6) is 0. The average molecular weight is 238 g/mol. The third kappa shape index (κ3) is 2.38. The van der Waals surface area contributed by atoms with Gasteiger partial charge in [0.2, 0.25) is 0 Å². The summed E-state index contributed by atoms with van der Waals surface area (Å²) in [6.07, 6.45) is 5.46. The van der Waals surface area contributed by atoms with E-state index in [9.17, 15) is 4.21 Å². The van der Waals surface area contributed by atoms with Gasteiger partial charge in [-0.05, 0) is 37.5 Å². The smallest absolute Gasteiger partial charge is 0.0639 e. The van der Waals surface area contributed by atoms with Gasteiger partial charge in [0.15, 0.2) is 0 Å². The molecular formula is C12H18N2OS. The summed E-state index contributed by atoms with van der Waals surface area (Å²) in [7, 11) is -0.974. The number of hydrogen-bond donors (Lipinski definition) is 1. The normalized spacial score (nSPS) is 18.4. The fourth-order valence-corrected chi connectivity index (χ4v) is 2.95. The van der Waals surface area contributed by atoms with Gasteiger partial charge < -0.3 is 10.6 Å². The van der Waals surface area contributed by atoms with Crippen molar-refractivity contribution in [3.8, 4) is 0 Å². The van der Waals surface area contributed by atoms with Crippen LogP contribution in [0.5, 0.6) is 0 Å². The number of hydrogen-bond acceptors (Lipinski definition) is 3. The third-order valence-electron chi connectivity index (χ3n) is 2.99. The lowest BCUT2D eigenvalue weighted by atomic mass is 10.1. The molecule has 1 aromatic carbocycles. The molecule has 1 saturated heterocycles. The van der Waals surface area contributed by atoms with E-state index in [1.54, 1.807) is 6.26 Å². The van der Waals surface area contributed by atoms with E-state index in [0.717, 1.165) is 23.7 Å². The molecule has 88 valence electrons. The molecule has 1 heterocycles. The monoisotopic (exact) mass is 238 g/mol. The number of nitrogens with two attached hydrogens (primary N) is 1. The minimum Gasteiger partial charge on any atom is -0.399 e. The lowest BCUT2D eigenvalue weighted by Crippen LogP contribution is -2.30. The van der Waals surface area contributed by atoms with Gasteiger partial charge in [-0.2, -0.15) is 0 Å². The minimum absolute atomic E-state index is 0.686. The molecule has 1 atom stereocenters. The second-order valence-corrected chi connectivity index (χ2v) is 5.58. The first-order valence-electron chi connectivity index (χ1n) is 5.66. The lowest BCUT2D eigenvalue weighted by Gasteiger charge is -2.30. The number of nitrogens with zero attached hydrogens (tertiary/aromatic N) is 1. The Kier molecular flexibility index (Phi) is 3.49. The Bertz CT molecular complexity index is 400. The Labute approximate surface area is 99.1 Å². The summed E-state index contributed by atoms with van der Waals surface area (Å²) in [6, 6.07) is 5.72. The predicted molar refractivity (Wildman–Crippen MR) is 69.3 cm³/mol. The van der Waals surface area contributed by atoms with Crippen molar-refractivity contribution in [3.63, 3.8) is 0 Å².